The van der Waals surface area contributed by atoms with Crippen LogP contribution in [0.15, 0.2) is 36.5 Å². The number of carbonyl (C=O) groups is 1. The number of imidazole rings is 1. The van der Waals surface area contributed by atoms with Gasteiger partial charge in [-0.15, -0.1) is 0 Å². The number of amides is 1. The second kappa shape index (κ2) is 6.20. The van der Waals surface area contributed by atoms with E-state index < -0.39 is 11.7 Å². The number of aromatic nitrogens is 5. The van der Waals surface area contributed by atoms with Gasteiger partial charge in [-0.25, -0.2) is 14.4 Å². The number of hydrogen-bond acceptors (Lipinski definition) is 5. The number of fused-ring (bicyclic) bond motifs is 1. The molecule has 136 valence electrons. The number of aryl methyl sites for hydroxylation is 2. The maximum Gasteiger partial charge on any atom is 0.248 e. The molecule has 0 aliphatic carbocycles. The van der Waals surface area contributed by atoms with Gasteiger partial charge in [0.25, 0.3) is 0 Å². The molecule has 3 heterocycles. The molecule has 1 amide bonds. The third kappa shape index (κ3) is 3.10. The summed E-state index contributed by atoms with van der Waals surface area (Å²) < 4.78 is 16.2. The van der Waals surface area contributed by atoms with Crippen LogP contribution in [-0.4, -0.2) is 30.5 Å². The number of nitrogens with one attached hydrogen (secondary N) is 2. The molecule has 0 bridgehead atoms. The molecular weight excluding hydrogens is 349 g/mol. The lowest BCUT2D eigenvalue weighted by Gasteiger charge is -2.10. The fourth-order valence-corrected chi connectivity index (χ4v) is 2.81. The Bertz CT molecular complexity index is 1180. The highest BCUT2D eigenvalue weighted by Crippen LogP contribution is 2.26. The molecule has 0 atom stereocenters. The Hall–Kier alpha value is -3.75. The van der Waals surface area contributed by atoms with E-state index in [-0.39, 0.29) is 11.1 Å². The number of primary amides is 1. The summed E-state index contributed by atoms with van der Waals surface area (Å²) in [7, 11) is 0. The molecule has 4 N–H and O–H groups in total. The van der Waals surface area contributed by atoms with E-state index in [0.717, 1.165) is 11.4 Å². The van der Waals surface area contributed by atoms with Crippen LogP contribution in [-0.2, 0) is 0 Å². The molecule has 1 aromatic carbocycles. The first-order valence-corrected chi connectivity index (χ1v) is 8.16. The lowest BCUT2D eigenvalue weighted by atomic mass is 10.1. The molecule has 27 heavy (non-hydrogen) atoms. The smallest absolute Gasteiger partial charge is 0.248 e. The van der Waals surface area contributed by atoms with E-state index in [0.29, 0.717) is 23.1 Å². The van der Waals surface area contributed by atoms with Crippen molar-refractivity contribution in [1.29, 1.82) is 0 Å². The second-order valence-electron chi connectivity index (χ2n) is 6.20. The topological polar surface area (TPSA) is 114 Å². The van der Waals surface area contributed by atoms with Gasteiger partial charge in [0.2, 0.25) is 11.9 Å². The molecule has 0 spiro atoms. The predicted molar refractivity (Wildman–Crippen MR) is 98.2 cm³/mol. The summed E-state index contributed by atoms with van der Waals surface area (Å²) in [4.78, 5) is 20.4. The minimum absolute atomic E-state index is 0.163. The Morgan fingerprint density at radius 1 is 1.22 bits per heavy atom. The van der Waals surface area contributed by atoms with Crippen molar-refractivity contribution < 1.29 is 9.18 Å². The van der Waals surface area contributed by atoms with Crippen molar-refractivity contribution in [2.45, 2.75) is 13.8 Å². The summed E-state index contributed by atoms with van der Waals surface area (Å²) in [6.07, 6.45) is 1.81. The largest absolute Gasteiger partial charge is 0.366 e. The molecule has 0 aliphatic rings. The number of anilines is 2. The standard InChI is InChI=1S/C18H16FN7O/c1-9-5-15(25-24-9)23-18-22-14(7-16-21-10(2)8-26(16)18)12-6-11(17(20)27)3-4-13(12)19/h3-8H,1-2H3,(H2,20,27)(H2,22,23,24,25). The van der Waals surface area contributed by atoms with Gasteiger partial charge in [0.15, 0.2) is 5.82 Å². The van der Waals surface area contributed by atoms with E-state index in [1.807, 2.05) is 26.1 Å². The first-order chi connectivity index (χ1) is 12.9. The first-order valence-electron chi connectivity index (χ1n) is 8.16. The van der Waals surface area contributed by atoms with Crippen LogP contribution in [0.1, 0.15) is 21.7 Å². The maximum absolute atomic E-state index is 14.4. The summed E-state index contributed by atoms with van der Waals surface area (Å²) in [5.74, 6) is -0.171. The summed E-state index contributed by atoms with van der Waals surface area (Å²) in [6.45, 7) is 3.73. The second-order valence-corrected chi connectivity index (χ2v) is 6.20. The lowest BCUT2D eigenvalue weighted by Crippen LogP contribution is -2.11. The summed E-state index contributed by atoms with van der Waals surface area (Å²) >= 11 is 0. The van der Waals surface area contributed by atoms with Crippen molar-refractivity contribution in [2.24, 2.45) is 5.73 Å². The van der Waals surface area contributed by atoms with E-state index >= 15 is 0 Å². The maximum atomic E-state index is 14.4. The molecular formula is C18H16FN7O. The van der Waals surface area contributed by atoms with E-state index in [2.05, 4.69) is 25.5 Å². The van der Waals surface area contributed by atoms with Gasteiger partial charge in [-0.2, -0.15) is 5.10 Å². The van der Waals surface area contributed by atoms with Gasteiger partial charge in [0.1, 0.15) is 11.5 Å². The molecule has 0 saturated heterocycles. The molecule has 9 heteroatoms. The zero-order chi connectivity index (χ0) is 19.1. The minimum atomic E-state index is -0.640. The minimum Gasteiger partial charge on any atom is -0.366 e. The van der Waals surface area contributed by atoms with Crippen molar-refractivity contribution in [2.75, 3.05) is 5.32 Å². The van der Waals surface area contributed by atoms with E-state index in [1.54, 1.807) is 10.5 Å². The molecule has 0 fully saturated rings. The van der Waals surface area contributed by atoms with Gasteiger partial charge in [-0.1, -0.05) is 0 Å². The van der Waals surface area contributed by atoms with Crippen LogP contribution in [0.4, 0.5) is 16.2 Å². The Morgan fingerprint density at radius 2 is 2.04 bits per heavy atom. The molecule has 4 aromatic rings. The van der Waals surface area contributed by atoms with E-state index in [1.165, 1.54) is 18.2 Å². The molecule has 0 saturated carbocycles. The highest BCUT2D eigenvalue weighted by atomic mass is 19.1. The molecule has 3 aromatic heterocycles. The van der Waals surface area contributed by atoms with Crippen molar-refractivity contribution in [1.82, 2.24) is 24.6 Å². The van der Waals surface area contributed by atoms with Crippen molar-refractivity contribution in [3.8, 4) is 11.3 Å². The molecule has 0 aliphatic heterocycles. The normalized spacial score (nSPS) is 11.1. The Kier molecular flexibility index (Phi) is 3.84. The van der Waals surface area contributed by atoms with Gasteiger partial charge in [0, 0.05) is 35.2 Å². The third-order valence-electron chi connectivity index (χ3n) is 4.05. The molecule has 4 rings (SSSR count). The van der Waals surface area contributed by atoms with Crippen molar-refractivity contribution in [3.05, 3.63) is 59.3 Å². The third-order valence-corrected chi connectivity index (χ3v) is 4.05. The average molecular weight is 365 g/mol. The highest BCUT2D eigenvalue weighted by Gasteiger charge is 2.15. The fourth-order valence-electron chi connectivity index (χ4n) is 2.81. The molecule has 0 unspecified atom stereocenters. The van der Waals surface area contributed by atoms with Gasteiger partial charge >= 0.3 is 0 Å². The number of nitrogens with zero attached hydrogens (tertiary/aromatic N) is 4. The Morgan fingerprint density at radius 3 is 2.74 bits per heavy atom. The monoisotopic (exact) mass is 365 g/mol. The van der Waals surface area contributed by atoms with Gasteiger partial charge < -0.3 is 11.1 Å². The Balaban J connectivity index is 1.89. The van der Waals surface area contributed by atoms with Crippen molar-refractivity contribution >= 4 is 23.3 Å². The SMILES string of the molecule is Cc1cn2c(Nc3cc(C)[nH]n3)nc(-c3cc(C(N)=O)ccc3F)cc2n1. The summed E-state index contributed by atoms with van der Waals surface area (Å²) in [5, 5.41) is 10.1. The number of nitrogens with two attached hydrogens (primary N) is 1. The number of aromatic amines is 1. The van der Waals surface area contributed by atoms with Crippen LogP contribution < -0.4 is 11.1 Å². The van der Waals surface area contributed by atoms with Crippen LogP contribution >= 0.6 is 0 Å². The summed E-state index contributed by atoms with van der Waals surface area (Å²) in [5.41, 5.74) is 8.24. The van der Waals surface area contributed by atoms with Crippen LogP contribution in [0.2, 0.25) is 0 Å². The van der Waals surface area contributed by atoms with Crippen LogP contribution in [0.5, 0.6) is 0 Å². The van der Waals surface area contributed by atoms with Gasteiger partial charge in [-0.05, 0) is 32.0 Å². The number of halogens is 1. The van der Waals surface area contributed by atoms with Crippen LogP contribution in [0, 0.1) is 19.7 Å². The zero-order valence-corrected chi connectivity index (χ0v) is 14.6. The number of rotatable bonds is 4. The van der Waals surface area contributed by atoms with Gasteiger partial charge in [-0.3, -0.25) is 14.3 Å². The first kappa shape index (κ1) is 16.7. The number of H-pyrrole nitrogens is 1. The van der Waals surface area contributed by atoms with Gasteiger partial charge in [0.05, 0.1) is 11.4 Å². The average Bonchev–Trinajstić information content (AvgIpc) is 3.19. The highest BCUT2D eigenvalue weighted by molar-refractivity contribution is 5.94. The lowest BCUT2D eigenvalue weighted by molar-refractivity contribution is 0.100. The Labute approximate surface area is 153 Å². The zero-order valence-electron chi connectivity index (χ0n) is 14.6. The number of benzene rings is 1. The number of carbonyl (C=O) groups excluding carboxylic acids is 1. The van der Waals surface area contributed by atoms with Crippen LogP contribution in [0.3, 0.4) is 0 Å². The fraction of sp³-hybridized carbons (Fsp3) is 0.111. The van der Waals surface area contributed by atoms with Crippen molar-refractivity contribution in [3.63, 3.8) is 0 Å². The molecule has 0 radical (unpaired) electrons. The van der Waals surface area contributed by atoms with E-state index in [9.17, 15) is 9.18 Å². The number of hydrogen-bond donors (Lipinski definition) is 3. The summed E-state index contributed by atoms with van der Waals surface area (Å²) in [6, 6.07) is 7.39. The quantitative estimate of drug-likeness (QED) is 0.514. The predicted octanol–water partition coefficient (Wildman–Crippen LogP) is 2.72. The van der Waals surface area contributed by atoms with Crippen LogP contribution in [0.25, 0.3) is 16.9 Å². The van der Waals surface area contributed by atoms with E-state index in [4.69, 9.17) is 5.73 Å². The molecule has 8 nitrogen and oxygen atoms in total.